The maximum atomic E-state index is 12.9. The van der Waals surface area contributed by atoms with Crippen LogP contribution < -0.4 is 0 Å². The highest BCUT2D eigenvalue weighted by Crippen LogP contribution is 2.45. The quantitative estimate of drug-likeness (QED) is 0.0146. The van der Waals surface area contributed by atoms with Crippen LogP contribution >= 0.6 is 15.6 Å². The van der Waals surface area contributed by atoms with Crippen LogP contribution in [0.3, 0.4) is 0 Å². The van der Waals surface area contributed by atoms with Gasteiger partial charge in [0.05, 0.1) is 26.4 Å². The molecular weight excluding hydrogens is 1240 g/mol. The van der Waals surface area contributed by atoms with Gasteiger partial charge in [-0.15, -0.1) is 0 Å². The van der Waals surface area contributed by atoms with E-state index in [2.05, 4.69) is 142 Å². The number of hydrogen-bond acceptors (Lipinski definition) is 14. The highest BCUT2D eigenvalue weighted by Gasteiger charge is 2.29. The van der Waals surface area contributed by atoms with Gasteiger partial charge in [0, 0.05) is 19.3 Å². The van der Waals surface area contributed by atoms with E-state index in [1.54, 1.807) is 0 Å². The molecule has 544 valence electrons. The topological polar surface area (TPSA) is 231 Å². The zero-order valence-electron chi connectivity index (χ0n) is 59.0. The molecule has 0 spiro atoms. The molecule has 0 bridgehead atoms. The third kappa shape index (κ3) is 70.8. The zero-order chi connectivity index (χ0) is 69.5. The number of esters is 3. The van der Waals surface area contributed by atoms with Crippen molar-refractivity contribution in [1.29, 1.82) is 0 Å². The number of aliphatic hydroxyl groups is 2. The molecule has 0 rings (SSSR count). The Hall–Kier alpha value is -4.31. The maximum Gasteiger partial charge on any atom is 0.472 e. The molecule has 0 aromatic rings. The minimum atomic E-state index is -4.94. The van der Waals surface area contributed by atoms with Crippen molar-refractivity contribution in [2.75, 3.05) is 39.6 Å². The monoisotopic (exact) mass is 1370 g/mol. The number of ether oxygens (including phenoxy) is 3. The summed E-state index contributed by atoms with van der Waals surface area (Å²) >= 11 is 0. The number of phosphoric ester groups is 2. The van der Waals surface area contributed by atoms with E-state index in [1.165, 1.54) is 83.5 Å². The van der Waals surface area contributed by atoms with Crippen LogP contribution in [0.2, 0.25) is 0 Å². The molecule has 0 radical (unpaired) electrons. The van der Waals surface area contributed by atoms with Crippen LogP contribution in [0.25, 0.3) is 0 Å². The van der Waals surface area contributed by atoms with Gasteiger partial charge in [0.15, 0.2) is 6.10 Å². The van der Waals surface area contributed by atoms with Crippen LogP contribution in [-0.2, 0) is 55.8 Å². The molecule has 0 aliphatic carbocycles. The van der Waals surface area contributed by atoms with Gasteiger partial charge in [-0.25, -0.2) is 9.13 Å². The second-order valence-electron chi connectivity index (χ2n) is 24.0. The second kappa shape index (κ2) is 69.6. The van der Waals surface area contributed by atoms with Crippen molar-refractivity contribution in [2.45, 2.75) is 296 Å². The lowest BCUT2D eigenvalue weighted by Gasteiger charge is -2.21. The van der Waals surface area contributed by atoms with Crippen LogP contribution in [0.1, 0.15) is 278 Å². The van der Waals surface area contributed by atoms with E-state index in [0.717, 1.165) is 128 Å². The number of carbonyl (C=O) groups is 3. The predicted molar refractivity (Wildman–Crippen MR) is 390 cm³/mol. The fourth-order valence-corrected chi connectivity index (χ4v) is 11.0. The molecular formula is C77H130O16P2. The first-order valence-corrected chi connectivity index (χ1v) is 39.5. The Kier molecular flexibility index (Phi) is 66.4. The molecule has 0 saturated heterocycles. The third-order valence-corrected chi connectivity index (χ3v) is 16.8. The standard InChI is InChI=1S/C77H130O16P2/c1-4-7-10-13-16-19-22-25-28-30-31-32-33-34-35-36-37-38-39-41-44-45-48-51-54-57-60-63-75(80)87-66-72(78)67-89-94(83,84)90-68-73(79)69-91-95(85,86)92-71-74(93-77(82)65-62-59-56-53-50-47-42-27-24-21-18-15-12-9-6-3)70-88-76(81)64-61-58-55-52-49-46-43-40-29-26-23-20-17-14-11-8-5-2/h7-8,10-11,16-17,19-20,25-26,28-29,31-32,34-35,37-38,43,46,52,55,72-74,78-79H,4-6,9,12-15,18,21-24,27,30,33,36,39-42,44-45,47-51,53-54,56-71H2,1-3H3,(H,83,84)(H,85,86)/b10-7-,11-8-,19-16-,20-17-,28-25-,29-26-,32-31-,35-34-,38-37-,46-43-,55-52-. The lowest BCUT2D eigenvalue weighted by Crippen LogP contribution is -2.30. The summed E-state index contributed by atoms with van der Waals surface area (Å²) in [5.41, 5.74) is 0. The zero-order valence-corrected chi connectivity index (χ0v) is 60.8. The molecule has 0 heterocycles. The number of phosphoric acid groups is 2. The molecule has 4 N–H and O–H groups in total. The van der Waals surface area contributed by atoms with Gasteiger partial charge in [-0.05, 0) is 109 Å². The van der Waals surface area contributed by atoms with Gasteiger partial charge >= 0.3 is 33.6 Å². The lowest BCUT2D eigenvalue weighted by atomic mass is 10.0. The van der Waals surface area contributed by atoms with E-state index in [-0.39, 0.29) is 19.3 Å². The van der Waals surface area contributed by atoms with Crippen molar-refractivity contribution in [3.05, 3.63) is 134 Å². The molecule has 16 nitrogen and oxygen atoms in total. The highest BCUT2D eigenvalue weighted by atomic mass is 31.2. The van der Waals surface area contributed by atoms with E-state index in [1.807, 2.05) is 12.2 Å². The summed E-state index contributed by atoms with van der Waals surface area (Å²) < 4.78 is 60.9. The summed E-state index contributed by atoms with van der Waals surface area (Å²) in [4.78, 5) is 58.5. The molecule has 0 aliphatic heterocycles. The third-order valence-electron chi connectivity index (χ3n) is 14.9. The SMILES string of the molecule is CC/C=C\C/C=C\C/C=C\C/C=C\C/C=C\C/C=C\CCCCCCCCCCC(=O)OCC(O)COP(=O)(O)OCC(O)COP(=O)(O)OCC(COC(=O)CCC/C=C\C/C=C\C/C=C\C/C=C\C/C=C\CC)OC(=O)CCCCCCCCCCCCCCCCC. The summed E-state index contributed by atoms with van der Waals surface area (Å²) in [6.45, 7) is 2.37. The smallest absolute Gasteiger partial charge is 0.463 e. The summed E-state index contributed by atoms with van der Waals surface area (Å²) in [7, 11) is -9.80. The Morgan fingerprint density at radius 3 is 0.926 bits per heavy atom. The predicted octanol–water partition coefficient (Wildman–Crippen LogP) is 20.8. The Labute approximate surface area is 575 Å². The molecule has 18 heteroatoms. The van der Waals surface area contributed by atoms with Crippen LogP contribution in [0, 0.1) is 0 Å². The van der Waals surface area contributed by atoms with Crippen molar-refractivity contribution >= 4 is 33.6 Å². The first-order chi connectivity index (χ1) is 46.2. The first kappa shape index (κ1) is 90.7. The number of aliphatic hydroxyl groups excluding tert-OH is 2. The maximum absolute atomic E-state index is 12.9. The minimum absolute atomic E-state index is 0.0912. The molecule has 0 saturated carbocycles. The summed E-state index contributed by atoms with van der Waals surface area (Å²) in [6, 6.07) is 0. The highest BCUT2D eigenvalue weighted by molar-refractivity contribution is 7.47. The minimum Gasteiger partial charge on any atom is -0.463 e. The average molecular weight is 1370 g/mol. The van der Waals surface area contributed by atoms with Crippen molar-refractivity contribution in [3.63, 3.8) is 0 Å². The van der Waals surface area contributed by atoms with Crippen molar-refractivity contribution in [2.24, 2.45) is 0 Å². The number of allylic oxidation sites excluding steroid dienone is 22. The first-order valence-electron chi connectivity index (χ1n) is 36.5. The van der Waals surface area contributed by atoms with Gasteiger partial charge in [-0.3, -0.25) is 32.5 Å². The Balaban J connectivity index is 4.60. The van der Waals surface area contributed by atoms with Gasteiger partial charge < -0.3 is 34.2 Å². The summed E-state index contributed by atoms with van der Waals surface area (Å²) in [6.07, 6.45) is 82.2. The largest absolute Gasteiger partial charge is 0.472 e. The second-order valence-corrected chi connectivity index (χ2v) is 26.9. The molecule has 5 unspecified atom stereocenters. The van der Waals surface area contributed by atoms with E-state index in [9.17, 15) is 43.5 Å². The molecule has 0 aromatic heterocycles. The fourth-order valence-electron chi connectivity index (χ4n) is 9.37. The van der Waals surface area contributed by atoms with Crippen molar-refractivity contribution < 1.29 is 75.8 Å². The summed E-state index contributed by atoms with van der Waals surface area (Å²) in [5.74, 6) is -1.65. The normalized spacial score (nSPS) is 14.9. The number of hydrogen-bond donors (Lipinski definition) is 4. The fraction of sp³-hybridized carbons (Fsp3) is 0.675. The number of unbranched alkanes of at least 4 members (excludes halogenated alkanes) is 23. The number of carbonyl (C=O) groups excluding carboxylic acids is 3. The van der Waals surface area contributed by atoms with Gasteiger partial charge in [-0.1, -0.05) is 283 Å². The van der Waals surface area contributed by atoms with E-state index in [4.69, 9.17) is 32.3 Å². The molecule has 0 fully saturated rings. The van der Waals surface area contributed by atoms with E-state index in [0.29, 0.717) is 25.7 Å². The Morgan fingerprint density at radius 1 is 0.305 bits per heavy atom. The van der Waals surface area contributed by atoms with Crippen LogP contribution in [0.15, 0.2) is 134 Å². The number of rotatable bonds is 68. The van der Waals surface area contributed by atoms with Gasteiger partial charge in [0.25, 0.3) is 0 Å². The lowest BCUT2D eigenvalue weighted by molar-refractivity contribution is -0.161. The van der Waals surface area contributed by atoms with Gasteiger partial charge in [-0.2, -0.15) is 0 Å². The van der Waals surface area contributed by atoms with Crippen LogP contribution in [0.4, 0.5) is 0 Å². The Bertz CT molecular complexity index is 2260. The van der Waals surface area contributed by atoms with Crippen LogP contribution in [0.5, 0.6) is 0 Å². The average Bonchev–Trinajstić information content (AvgIpc) is 2.05. The van der Waals surface area contributed by atoms with Crippen LogP contribution in [-0.4, -0.2) is 95.9 Å². The molecule has 0 amide bonds. The summed E-state index contributed by atoms with van der Waals surface area (Å²) in [5, 5.41) is 20.6. The Morgan fingerprint density at radius 2 is 0.568 bits per heavy atom. The molecule has 5 atom stereocenters. The van der Waals surface area contributed by atoms with E-state index >= 15 is 0 Å². The van der Waals surface area contributed by atoms with E-state index < -0.39 is 91.5 Å². The molecule has 0 aliphatic rings. The molecule has 0 aromatic carbocycles. The van der Waals surface area contributed by atoms with Gasteiger partial charge in [0.1, 0.15) is 25.4 Å². The van der Waals surface area contributed by atoms with Crippen molar-refractivity contribution in [3.8, 4) is 0 Å². The van der Waals surface area contributed by atoms with Crippen molar-refractivity contribution in [1.82, 2.24) is 0 Å². The van der Waals surface area contributed by atoms with Gasteiger partial charge in [0.2, 0.25) is 0 Å². The molecule has 95 heavy (non-hydrogen) atoms.